The van der Waals surface area contributed by atoms with E-state index in [1.54, 1.807) is 6.08 Å². The lowest BCUT2D eigenvalue weighted by Crippen LogP contribution is -2.49. The van der Waals surface area contributed by atoms with E-state index in [4.69, 9.17) is 0 Å². The molecule has 0 saturated heterocycles. The van der Waals surface area contributed by atoms with Gasteiger partial charge in [0, 0.05) is 12.6 Å². The quantitative estimate of drug-likeness (QED) is 0.126. The molecular weight excluding hydrogens is 420 g/mol. The fourth-order valence-corrected chi connectivity index (χ4v) is 3.56. The van der Waals surface area contributed by atoms with Crippen molar-refractivity contribution in [1.29, 1.82) is 0 Å². The summed E-state index contributed by atoms with van der Waals surface area (Å²) in [7, 11) is 0. The second-order valence-electron chi connectivity index (χ2n) is 9.94. The molecule has 2 unspecified atom stereocenters. The van der Waals surface area contributed by atoms with E-state index < -0.39 is 23.5 Å². The minimum absolute atomic E-state index is 0.0413. The number of aliphatic hydroxyl groups is 2. The van der Waals surface area contributed by atoms with Gasteiger partial charge in [-0.2, -0.15) is 0 Å². The Balaban J connectivity index is 2.91. The molecule has 0 spiro atoms. The van der Waals surface area contributed by atoms with Gasteiger partial charge in [-0.05, 0) is 67.7 Å². The second-order valence-corrected chi connectivity index (χ2v) is 9.94. The van der Waals surface area contributed by atoms with Crippen LogP contribution in [0.1, 0.15) is 78.7 Å². The van der Waals surface area contributed by atoms with Gasteiger partial charge in [-0.3, -0.25) is 5.32 Å². The maximum Gasteiger partial charge on any atom is 0.138 e. The predicted octanol–water partition coefficient (Wildman–Crippen LogP) is 6.61. The van der Waals surface area contributed by atoms with Crippen LogP contribution in [0.5, 0.6) is 0 Å². The maximum atomic E-state index is 13.4. The van der Waals surface area contributed by atoms with Gasteiger partial charge in [0.2, 0.25) is 0 Å². The summed E-state index contributed by atoms with van der Waals surface area (Å²) in [5.74, 6) is -1.25. The molecule has 3 N–H and O–H groups in total. The fourth-order valence-electron chi connectivity index (χ4n) is 3.56. The van der Waals surface area contributed by atoms with E-state index in [-0.39, 0.29) is 12.0 Å². The number of hydrogen-bond donors (Lipinski definition) is 3. The first-order valence-corrected chi connectivity index (χ1v) is 12.0. The third kappa shape index (κ3) is 10.8. The van der Waals surface area contributed by atoms with E-state index in [0.717, 1.165) is 30.9 Å². The highest BCUT2D eigenvalue weighted by Gasteiger charge is 2.30. The molecule has 3 nitrogen and oxygen atoms in total. The molecule has 1 aromatic rings. The predicted molar refractivity (Wildman–Crippen MR) is 134 cm³/mol. The van der Waals surface area contributed by atoms with Crippen LogP contribution in [0.25, 0.3) is 0 Å². The van der Waals surface area contributed by atoms with E-state index in [0.29, 0.717) is 31.2 Å². The zero-order valence-corrected chi connectivity index (χ0v) is 21.1. The molecule has 1 aromatic carbocycles. The normalized spacial score (nSPS) is 15.9. The summed E-state index contributed by atoms with van der Waals surface area (Å²) in [5.41, 5.74) is 1.30. The van der Waals surface area contributed by atoms with E-state index >= 15 is 0 Å². The SMILES string of the molecule is C=C/C=C(\C/C=C(\C)C(C)(C)C)C(O)(CCCCC)NCC(O)CCc1cc(F)cc(F)c1. The molecule has 1 rings (SSSR count). The second kappa shape index (κ2) is 13.8. The zero-order valence-electron chi connectivity index (χ0n) is 21.1. The fraction of sp³-hybridized carbons (Fsp3) is 0.571. The maximum absolute atomic E-state index is 13.4. The van der Waals surface area contributed by atoms with Crippen LogP contribution in [0.4, 0.5) is 8.78 Å². The Hall–Kier alpha value is -1.82. The summed E-state index contributed by atoms with van der Waals surface area (Å²) in [6, 6.07) is 3.39. The van der Waals surface area contributed by atoms with Crippen molar-refractivity contribution in [3.8, 4) is 0 Å². The van der Waals surface area contributed by atoms with Crippen molar-refractivity contribution in [3.05, 3.63) is 71.4 Å². The summed E-state index contributed by atoms with van der Waals surface area (Å²) in [5, 5.41) is 25.3. The third-order valence-corrected chi connectivity index (χ3v) is 6.12. The van der Waals surface area contributed by atoms with Gasteiger partial charge in [-0.1, -0.05) is 70.9 Å². The molecule has 0 heterocycles. The number of allylic oxidation sites excluding steroid dienone is 4. The number of halogens is 2. The first-order chi connectivity index (χ1) is 15.4. The van der Waals surface area contributed by atoms with Crippen molar-refractivity contribution in [2.75, 3.05) is 6.54 Å². The first-order valence-electron chi connectivity index (χ1n) is 12.0. The molecule has 33 heavy (non-hydrogen) atoms. The zero-order chi connectivity index (χ0) is 25.1. The van der Waals surface area contributed by atoms with Crippen LogP contribution in [0.15, 0.2) is 54.2 Å². The molecule has 0 radical (unpaired) electrons. The minimum Gasteiger partial charge on any atom is -0.392 e. The molecule has 0 fully saturated rings. The molecule has 0 amide bonds. The van der Waals surface area contributed by atoms with Gasteiger partial charge in [0.25, 0.3) is 0 Å². The summed E-state index contributed by atoms with van der Waals surface area (Å²) in [6.07, 6.45) is 9.51. The summed E-state index contributed by atoms with van der Waals surface area (Å²) < 4.78 is 26.8. The van der Waals surface area contributed by atoms with E-state index in [2.05, 4.69) is 52.6 Å². The molecule has 0 aromatic heterocycles. The Bertz CT molecular complexity index is 790. The molecule has 186 valence electrons. The van der Waals surface area contributed by atoms with Crippen molar-refractivity contribution in [2.24, 2.45) is 5.41 Å². The average molecular weight is 464 g/mol. The van der Waals surface area contributed by atoms with Crippen molar-refractivity contribution < 1.29 is 19.0 Å². The van der Waals surface area contributed by atoms with Gasteiger partial charge in [0.05, 0.1) is 6.10 Å². The molecule has 2 atom stereocenters. The highest BCUT2D eigenvalue weighted by Crippen LogP contribution is 2.29. The Morgan fingerprint density at radius 2 is 1.79 bits per heavy atom. The largest absolute Gasteiger partial charge is 0.392 e. The van der Waals surface area contributed by atoms with Crippen LogP contribution in [-0.4, -0.2) is 28.6 Å². The van der Waals surface area contributed by atoms with Crippen LogP contribution in [-0.2, 0) is 6.42 Å². The summed E-state index contributed by atoms with van der Waals surface area (Å²) in [4.78, 5) is 0. The van der Waals surface area contributed by atoms with E-state index in [9.17, 15) is 19.0 Å². The highest BCUT2D eigenvalue weighted by atomic mass is 19.1. The van der Waals surface area contributed by atoms with Crippen LogP contribution in [0.2, 0.25) is 0 Å². The monoisotopic (exact) mass is 463 g/mol. The number of unbranched alkanes of at least 4 members (excludes halogenated alkanes) is 2. The van der Waals surface area contributed by atoms with Gasteiger partial charge in [0.1, 0.15) is 17.4 Å². The summed E-state index contributed by atoms with van der Waals surface area (Å²) in [6.45, 7) is 14.6. The van der Waals surface area contributed by atoms with Crippen molar-refractivity contribution in [2.45, 2.75) is 91.4 Å². The number of aliphatic hydroxyl groups excluding tert-OH is 1. The molecule has 0 aliphatic heterocycles. The molecule has 5 heteroatoms. The Morgan fingerprint density at radius 1 is 1.15 bits per heavy atom. The first kappa shape index (κ1) is 29.2. The molecular formula is C28H43F2NO2. The van der Waals surface area contributed by atoms with Gasteiger partial charge in [0.15, 0.2) is 0 Å². The lowest BCUT2D eigenvalue weighted by molar-refractivity contribution is 0.0148. The lowest BCUT2D eigenvalue weighted by atomic mass is 9.85. The average Bonchev–Trinajstić information content (AvgIpc) is 2.72. The Kier molecular flexibility index (Phi) is 12.2. The van der Waals surface area contributed by atoms with Gasteiger partial charge >= 0.3 is 0 Å². The van der Waals surface area contributed by atoms with Gasteiger partial charge < -0.3 is 10.2 Å². The third-order valence-electron chi connectivity index (χ3n) is 6.12. The standard InChI is InChI=1S/C28H43F2NO2/c1-7-9-10-16-28(33,23(11-8-2)14-12-21(3)27(4,5)6)31-20-26(32)15-13-22-17-24(29)19-25(30)18-22/h8,11-12,17-19,26,31-33H,2,7,9-10,13-16,20H2,1,3-6H3/b21-12+,23-11+. The van der Waals surface area contributed by atoms with Gasteiger partial charge in [-0.15, -0.1) is 0 Å². The molecule has 0 bridgehead atoms. The molecule has 0 aliphatic rings. The topological polar surface area (TPSA) is 52.5 Å². The lowest BCUT2D eigenvalue weighted by Gasteiger charge is -2.33. The Morgan fingerprint density at radius 3 is 2.33 bits per heavy atom. The molecule has 0 saturated carbocycles. The number of hydrogen-bond acceptors (Lipinski definition) is 3. The van der Waals surface area contributed by atoms with Gasteiger partial charge in [-0.25, -0.2) is 8.78 Å². The molecule has 0 aliphatic carbocycles. The van der Waals surface area contributed by atoms with E-state index in [1.807, 2.05) is 6.08 Å². The minimum atomic E-state index is -1.27. The number of benzene rings is 1. The van der Waals surface area contributed by atoms with Crippen LogP contribution < -0.4 is 5.32 Å². The number of nitrogens with one attached hydrogen (secondary N) is 1. The summed E-state index contributed by atoms with van der Waals surface area (Å²) >= 11 is 0. The number of aryl methyl sites for hydroxylation is 1. The van der Waals surface area contributed by atoms with Crippen LogP contribution in [0.3, 0.4) is 0 Å². The van der Waals surface area contributed by atoms with Crippen LogP contribution >= 0.6 is 0 Å². The van der Waals surface area contributed by atoms with Crippen LogP contribution in [0, 0.1) is 17.0 Å². The van der Waals surface area contributed by atoms with Crippen molar-refractivity contribution >= 4 is 0 Å². The smallest absolute Gasteiger partial charge is 0.138 e. The Labute approximate surface area is 199 Å². The van der Waals surface area contributed by atoms with E-state index in [1.165, 1.54) is 17.7 Å². The number of rotatable bonds is 14. The van der Waals surface area contributed by atoms with Crippen molar-refractivity contribution in [3.63, 3.8) is 0 Å². The highest BCUT2D eigenvalue weighted by molar-refractivity contribution is 5.25. The van der Waals surface area contributed by atoms with Crippen molar-refractivity contribution in [1.82, 2.24) is 5.32 Å².